The van der Waals surface area contributed by atoms with Crippen LogP contribution in [0.3, 0.4) is 0 Å². The van der Waals surface area contributed by atoms with Gasteiger partial charge in [0.2, 0.25) is 0 Å². The van der Waals surface area contributed by atoms with E-state index in [0.717, 1.165) is 11.1 Å². The molecule has 0 heterocycles. The van der Waals surface area contributed by atoms with Crippen LogP contribution in [0.15, 0.2) is 97.1 Å². The third kappa shape index (κ3) is 8.04. The molecule has 0 aliphatic rings. The molecule has 0 aromatic heterocycles. The number of rotatable bonds is 13. The van der Waals surface area contributed by atoms with Crippen molar-refractivity contribution in [2.75, 3.05) is 27.4 Å². The van der Waals surface area contributed by atoms with Gasteiger partial charge in [-0.05, 0) is 72.5 Å². The van der Waals surface area contributed by atoms with Crippen LogP contribution in [0.4, 0.5) is 0 Å². The predicted octanol–water partition coefficient (Wildman–Crippen LogP) is 5.85. The summed E-state index contributed by atoms with van der Waals surface area (Å²) in [6, 6.07) is 27.6. The molecule has 0 fully saturated rings. The Labute approximate surface area is 245 Å². The number of aromatic hydroxyl groups is 2. The van der Waals surface area contributed by atoms with Crippen LogP contribution in [-0.4, -0.2) is 49.6 Å². The van der Waals surface area contributed by atoms with Gasteiger partial charge in [0.1, 0.15) is 0 Å². The van der Waals surface area contributed by atoms with Gasteiger partial charge in [0.15, 0.2) is 23.0 Å². The second-order valence-electron chi connectivity index (χ2n) is 9.87. The SMILES string of the molecule is COc1ccc(CC(COC(=O)c2ccccc2)C(COC(=O)c2ccccc2)Cc2ccc(O)c(OC)c2)cc1O. The van der Waals surface area contributed by atoms with Crippen molar-refractivity contribution >= 4 is 11.9 Å². The van der Waals surface area contributed by atoms with Gasteiger partial charge in [-0.25, -0.2) is 9.59 Å². The molecule has 0 aliphatic carbocycles. The summed E-state index contributed by atoms with van der Waals surface area (Å²) in [6.45, 7) is 0.0654. The van der Waals surface area contributed by atoms with Gasteiger partial charge in [0, 0.05) is 11.8 Å². The Bertz CT molecular complexity index is 1470. The minimum Gasteiger partial charge on any atom is -0.504 e. The number of hydrogen-bond donors (Lipinski definition) is 2. The van der Waals surface area contributed by atoms with Gasteiger partial charge in [-0.1, -0.05) is 48.5 Å². The van der Waals surface area contributed by atoms with Crippen molar-refractivity contribution in [3.63, 3.8) is 0 Å². The lowest BCUT2D eigenvalue weighted by Crippen LogP contribution is -2.30. The van der Waals surface area contributed by atoms with Crippen LogP contribution in [-0.2, 0) is 22.3 Å². The summed E-state index contributed by atoms with van der Waals surface area (Å²) in [5.41, 5.74) is 2.47. The average Bonchev–Trinajstić information content (AvgIpc) is 3.02. The van der Waals surface area contributed by atoms with Crippen LogP contribution in [0, 0.1) is 11.8 Å². The highest BCUT2D eigenvalue weighted by atomic mass is 16.5. The highest BCUT2D eigenvalue weighted by molar-refractivity contribution is 5.89. The van der Waals surface area contributed by atoms with Crippen LogP contribution < -0.4 is 9.47 Å². The van der Waals surface area contributed by atoms with E-state index in [4.69, 9.17) is 18.9 Å². The summed E-state index contributed by atoms with van der Waals surface area (Å²) in [6.07, 6.45) is 0.830. The zero-order valence-electron chi connectivity index (χ0n) is 23.6. The maximum atomic E-state index is 12.9. The summed E-state index contributed by atoms with van der Waals surface area (Å²) >= 11 is 0. The Morgan fingerprint density at radius 3 is 1.55 bits per heavy atom. The van der Waals surface area contributed by atoms with Crippen molar-refractivity contribution < 1.29 is 38.7 Å². The Morgan fingerprint density at radius 1 is 0.595 bits per heavy atom. The molecular formula is C34H34O8. The molecule has 2 N–H and O–H groups in total. The smallest absolute Gasteiger partial charge is 0.338 e. The molecule has 8 nitrogen and oxygen atoms in total. The van der Waals surface area contributed by atoms with Crippen molar-refractivity contribution in [3.05, 3.63) is 119 Å². The summed E-state index contributed by atoms with van der Waals surface area (Å²) in [4.78, 5) is 25.8. The topological polar surface area (TPSA) is 112 Å². The van der Waals surface area contributed by atoms with Crippen LogP contribution in [0.5, 0.6) is 23.0 Å². The molecule has 8 heteroatoms. The predicted molar refractivity (Wildman–Crippen MR) is 157 cm³/mol. The quantitative estimate of drug-likeness (QED) is 0.193. The summed E-state index contributed by atoms with van der Waals surface area (Å²) in [7, 11) is 2.95. The van der Waals surface area contributed by atoms with Gasteiger partial charge in [-0.15, -0.1) is 0 Å². The lowest BCUT2D eigenvalue weighted by molar-refractivity contribution is 0.0221. The van der Waals surface area contributed by atoms with Crippen LogP contribution in [0.25, 0.3) is 0 Å². The number of methoxy groups -OCH3 is 2. The van der Waals surface area contributed by atoms with Crippen molar-refractivity contribution in [3.8, 4) is 23.0 Å². The molecule has 0 amide bonds. The molecule has 2 atom stereocenters. The molecule has 218 valence electrons. The molecular weight excluding hydrogens is 536 g/mol. The van der Waals surface area contributed by atoms with Crippen molar-refractivity contribution in [1.29, 1.82) is 0 Å². The molecule has 0 aliphatic heterocycles. The third-order valence-corrected chi connectivity index (χ3v) is 7.03. The number of phenols is 2. The molecule has 0 saturated carbocycles. The molecule has 0 saturated heterocycles. The van der Waals surface area contributed by atoms with E-state index in [1.807, 2.05) is 18.2 Å². The number of benzene rings is 4. The van der Waals surface area contributed by atoms with Gasteiger partial charge in [0.05, 0.1) is 38.6 Å². The van der Waals surface area contributed by atoms with Crippen molar-refractivity contribution in [2.24, 2.45) is 11.8 Å². The summed E-state index contributed by atoms with van der Waals surface area (Å²) < 4.78 is 22.1. The van der Waals surface area contributed by atoms with Crippen molar-refractivity contribution in [2.45, 2.75) is 12.8 Å². The zero-order valence-corrected chi connectivity index (χ0v) is 23.6. The number of phenolic OH excluding ortho intramolecular Hbond substituents is 2. The number of carbonyl (C=O) groups is 2. The number of carbonyl (C=O) groups excluding carboxylic acids is 2. The third-order valence-electron chi connectivity index (χ3n) is 7.03. The first-order chi connectivity index (χ1) is 20.4. The van der Waals surface area contributed by atoms with Gasteiger partial charge >= 0.3 is 11.9 Å². The minimum absolute atomic E-state index is 0.00893. The van der Waals surface area contributed by atoms with Crippen LogP contribution in [0.2, 0.25) is 0 Å². The second-order valence-corrected chi connectivity index (χ2v) is 9.87. The second kappa shape index (κ2) is 14.6. The van der Waals surface area contributed by atoms with Crippen LogP contribution >= 0.6 is 0 Å². The molecule has 4 aromatic rings. The fourth-order valence-corrected chi connectivity index (χ4v) is 4.72. The van der Waals surface area contributed by atoms with E-state index < -0.39 is 11.9 Å². The van der Waals surface area contributed by atoms with E-state index in [0.29, 0.717) is 35.5 Å². The fraction of sp³-hybridized carbons (Fsp3) is 0.235. The molecule has 42 heavy (non-hydrogen) atoms. The molecule has 2 unspecified atom stereocenters. The van der Waals surface area contributed by atoms with E-state index >= 15 is 0 Å². The first-order valence-electron chi connectivity index (χ1n) is 13.5. The normalized spacial score (nSPS) is 12.1. The maximum absolute atomic E-state index is 12.9. The zero-order chi connectivity index (χ0) is 29.9. The lowest BCUT2D eigenvalue weighted by atomic mass is 9.83. The fourth-order valence-electron chi connectivity index (χ4n) is 4.72. The van der Waals surface area contributed by atoms with E-state index in [2.05, 4.69) is 0 Å². The molecule has 0 bridgehead atoms. The number of ether oxygens (including phenoxy) is 4. The van der Waals surface area contributed by atoms with E-state index in [9.17, 15) is 19.8 Å². The van der Waals surface area contributed by atoms with Gasteiger partial charge < -0.3 is 29.2 Å². The van der Waals surface area contributed by atoms with Gasteiger partial charge in [-0.2, -0.15) is 0 Å². The monoisotopic (exact) mass is 570 g/mol. The average molecular weight is 571 g/mol. The Morgan fingerprint density at radius 2 is 1.07 bits per heavy atom. The minimum atomic E-state index is -0.468. The van der Waals surface area contributed by atoms with Crippen molar-refractivity contribution in [1.82, 2.24) is 0 Å². The molecule has 0 spiro atoms. The summed E-state index contributed by atoms with van der Waals surface area (Å²) in [5.74, 6) is -0.917. The highest BCUT2D eigenvalue weighted by Gasteiger charge is 2.27. The molecule has 4 rings (SSSR count). The van der Waals surface area contributed by atoms with E-state index in [-0.39, 0.29) is 36.5 Å². The van der Waals surface area contributed by atoms with Gasteiger partial charge in [-0.3, -0.25) is 0 Å². The Hall–Kier alpha value is -4.98. The summed E-state index contributed by atoms with van der Waals surface area (Å²) in [5, 5.41) is 20.5. The molecule has 0 radical (unpaired) electrons. The van der Waals surface area contributed by atoms with E-state index in [1.165, 1.54) is 14.2 Å². The van der Waals surface area contributed by atoms with Gasteiger partial charge in [0.25, 0.3) is 0 Å². The number of hydrogen-bond acceptors (Lipinski definition) is 8. The largest absolute Gasteiger partial charge is 0.504 e. The van der Waals surface area contributed by atoms with E-state index in [1.54, 1.807) is 78.9 Å². The lowest BCUT2D eigenvalue weighted by Gasteiger charge is -2.27. The Kier molecular flexibility index (Phi) is 10.4. The highest BCUT2D eigenvalue weighted by Crippen LogP contribution is 2.32. The first-order valence-corrected chi connectivity index (χ1v) is 13.5. The number of esters is 2. The maximum Gasteiger partial charge on any atom is 0.338 e. The molecule has 4 aromatic carbocycles. The first kappa shape index (κ1) is 30.0. The van der Waals surface area contributed by atoms with Crippen LogP contribution in [0.1, 0.15) is 31.8 Å². The standard InChI is InChI=1S/C34H34O8/c1-39-31-16-14-23(19-30(31)36)17-27(21-41-33(37)25-9-5-3-6-10-25)28(18-24-13-15-29(35)32(20-24)40-2)22-42-34(38)26-11-7-4-8-12-26/h3-16,19-20,27-28,35-36H,17-18,21-22H2,1-2H3. The Balaban J connectivity index is 1.64.